The number of halogens is 8. The van der Waals surface area contributed by atoms with E-state index in [1.54, 1.807) is 0 Å². The SMILES string of the molecule is NC/C(=C\Cl)CCc1cc(F)cc(C(F)(F)F)c1.O=C(O)C(F)(F)F. The Morgan fingerprint density at radius 2 is 1.68 bits per heavy atom. The van der Waals surface area contributed by atoms with Gasteiger partial charge in [0.15, 0.2) is 0 Å². The van der Waals surface area contributed by atoms with Gasteiger partial charge in [-0.2, -0.15) is 26.3 Å². The minimum atomic E-state index is -5.08. The van der Waals surface area contributed by atoms with Crippen molar-refractivity contribution in [3.05, 3.63) is 46.3 Å². The molecule has 0 aromatic heterocycles. The number of hydrogen-bond acceptors (Lipinski definition) is 2. The lowest BCUT2D eigenvalue weighted by Crippen LogP contribution is -2.21. The Hall–Kier alpha value is -1.81. The van der Waals surface area contributed by atoms with Crippen LogP contribution in [0.15, 0.2) is 29.3 Å². The van der Waals surface area contributed by atoms with Gasteiger partial charge >= 0.3 is 18.3 Å². The van der Waals surface area contributed by atoms with Crippen molar-refractivity contribution in [3.8, 4) is 0 Å². The van der Waals surface area contributed by atoms with E-state index in [0.29, 0.717) is 18.1 Å². The lowest BCUT2D eigenvalue weighted by atomic mass is 10.0. The van der Waals surface area contributed by atoms with Crippen LogP contribution in [0.3, 0.4) is 0 Å². The maximum Gasteiger partial charge on any atom is 0.490 e. The first-order valence-electron chi connectivity index (χ1n) is 6.46. The molecule has 0 fully saturated rings. The summed E-state index contributed by atoms with van der Waals surface area (Å²) < 4.78 is 82.2. The molecule has 3 N–H and O–H groups in total. The molecule has 1 aromatic carbocycles. The van der Waals surface area contributed by atoms with Crippen LogP contribution in [-0.2, 0) is 17.4 Å². The monoisotopic (exact) mass is 395 g/mol. The number of nitrogens with two attached hydrogens (primary N) is 1. The number of benzene rings is 1. The van der Waals surface area contributed by atoms with E-state index in [-0.39, 0.29) is 18.5 Å². The van der Waals surface area contributed by atoms with E-state index in [1.165, 1.54) is 5.54 Å². The molecule has 0 amide bonds. The molecule has 1 rings (SSSR count). The fourth-order valence-electron chi connectivity index (χ4n) is 1.46. The lowest BCUT2D eigenvalue weighted by Gasteiger charge is -2.10. The van der Waals surface area contributed by atoms with Gasteiger partial charge in [0.05, 0.1) is 5.56 Å². The van der Waals surface area contributed by atoms with E-state index in [1.807, 2.05) is 0 Å². The highest BCUT2D eigenvalue weighted by Crippen LogP contribution is 2.30. The third-order valence-electron chi connectivity index (χ3n) is 2.68. The normalized spacial score (nSPS) is 12.4. The highest BCUT2D eigenvalue weighted by Gasteiger charge is 2.38. The second-order valence-electron chi connectivity index (χ2n) is 4.62. The first-order chi connectivity index (χ1) is 11.3. The highest BCUT2D eigenvalue weighted by atomic mass is 35.5. The summed E-state index contributed by atoms with van der Waals surface area (Å²) in [6.45, 7) is 0.227. The van der Waals surface area contributed by atoms with Gasteiger partial charge in [0.25, 0.3) is 0 Å². The van der Waals surface area contributed by atoms with Crippen molar-refractivity contribution < 1.29 is 40.6 Å². The maximum absolute atomic E-state index is 13.1. The molecular weight excluding hydrogens is 383 g/mol. The molecular formula is C14H13ClF7NO2. The van der Waals surface area contributed by atoms with Crippen LogP contribution in [-0.4, -0.2) is 23.8 Å². The molecule has 0 saturated heterocycles. The van der Waals surface area contributed by atoms with E-state index in [4.69, 9.17) is 27.2 Å². The van der Waals surface area contributed by atoms with Gasteiger partial charge in [-0.05, 0) is 42.2 Å². The topological polar surface area (TPSA) is 63.3 Å². The van der Waals surface area contributed by atoms with E-state index in [0.717, 1.165) is 12.1 Å². The number of aryl methyl sites for hydroxylation is 1. The van der Waals surface area contributed by atoms with Gasteiger partial charge in [0, 0.05) is 12.1 Å². The maximum atomic E-state index is 13.1. The van der Waals surface area contributed by atoms with Crippen LogP contribution >= 0.6 is 11.6 Å². The predicted octanol–water partition coefficient (Wildman–Crippen LogP) is 4.49. The largest absolute Gasteiger partial charge is 0.490 e. The summed E-state index contributed by atoms with van der Waals surface area (Å²) in [7, 11) is 0. The standard InChI is InChI=1S/C12H12ClF4N.C2HF3O2/c13-6-9(7-18)2-1-8-3-10(12(15,16)17)5-11(14)4-8;3-2(4,5)1(6)7/h3-6H,1-2,7,18H2;(H,6,7)/b9-6-;. The number of carbonyl (C=O) groups is 1. The average molecular weight is 396 g/mol. The molecule has 0 aliphatic carbocycles. The third kappa shape index (κ3) is 9.30. The predicted molar refractivity (Wildman–Crippen MR) is 76.4 cm³/mol. The minimum Gasteiger partial charge on any atom is -0.475 e. The molecule has 1 aromatic rings. The second-order valence-corrected chi connectivity index (χ2v) is 4.84. The van der Waals surface area contributed by atoms with Crippen molar-refractivity contribution in [1.82, 2.24) is 0 Å². The fraction of sp³-hybridized carbons (Fsp3) is 0.357. The Kier molecular flexibility index (Phi) is 8.92. The van der Waals surface area contributed by atoms with Crippen LogP contribution in [0.1, 0.15) is 17.5 Å². The average Bonchev–Trinajstić information content (AvgIpc) is 2.46. The zero-order chi connectivity index (χ0) is 19.8. The molecule has 0 unspecified atom stereocenters. The highest BCUT2D eigenvalue weighted by molar-refractivity contribution is 6.25. The van der Waals surface area contributed by atoms with Crippen molar-refractivity contribution >= 4 is 17.6 Å². The van der Waals surface area contributed by atoms with Crippen molar-refractivity contribution in [2.24, 2.45) is 5.73 Å². The molecule has 3 nitrogen and oxygen atoms in total. The number of carboxylic acids is 1. The van der Waals surface area contributed by atoms with Crippen LogP contribution in [0.5, 0.6) is 0 Å². The van der Waals surface area contributed by atoms with E-state index in [9.17, 15) is 30.7 Å². The van der Waals surface area contributed by atoms with Gasteiger partial charge in [0.1, 0.15) is 5.82 Å². The molecule has 0 bridgehead atoms. The number of rotatable bonds is 4. The molecule has 0 heterocycles. The van der Waals surface area contributed by atoms with Crippen LogP contribution < -0.4 is 5.73 Å². The summed E-state index contributed by atoms with van der Waals surface area (Å²) in [6.07, 6.45) is -8.97. The molecule has 11 heteroatoms. The number of hydrogen-bond donors (Lipinski definition) is 2. The van der Waals surface area contributed by atoms with Crippen LogP contribution in [0.25, 0.3) is 0 Å². The smallest absolute Gasteiger partial charge is 0.475 e. The van der Waals surface area contributed by atoms with Gasteiger partial charge in [-0.25, -0.2) is 9.18 Å². The van der Waals surface area contributed by atoms with Gasteiger partial charge in [0.2, 0.25) is 0 Å². The van der Waals surface area contributed by atoms with E-state index >= 15 is 0 Å². The molecule has 142 valence electrons. The quantitative estimate of drug-likeness (QED) is 0.738. The number of carboxylic acid groups (broad SMARTS) is 1. The minimum absolute atomic E-state index is 0.227. The summed E-state index contributed by atoms with van der Waals surface area (Å²) in [5.74, 6) is -3.66. The molecule has 0 aliphatic heterocycles. The summed E-state index contributed by atoms with van der Waals surface area (Å²) in [5.41, 5.74) is 6.65. The van der Waals surface area contributed by atoms with Gasteiger partial charge in [-0.1, -0.05) is 11.6 Å². The van der Waals surface area contributed by atoms with Crippen molar-refractivity contribution in [2.45, 2.75) is 25.2 Å². The Bertz CT molecular complexity index is 612. The van der Waals surface area contributed by atoms with Crippen molar-refractivity contribution in [1.29, 1.82) is 0 Å². The molecule has 0 atom stereocenters. The summed E-state index contributed by atoms with van der Waals surface area (Å²) in [4.78, 5) is 8.90. The number of aliphatic carboxylic acids is 1. The summed E-state index contributed by atoms with van der Waals surface area (Å²) in [5, 5.41) is 7.12. The Morgan fingerprint density at radius 3 is 2.04 bits per heavy atom. The fourth-order valence-corrected chi connectivity index (χ4v) is 1.66. The zero-order valence-electron chi connectivity index (χ0n) is 12.4. The first-order valence-corrected chi connectivity index (χ1v) is 6.89. The van der Waals surface area contributed by atoms with Crippen LogP contribution in [0, 0.1) is 5.82 Å². The van der Waals surface area contributed by atoms with E-state index < -0.39 is 29.7 Å². The second kappa shape index (κ2) is 9.62. The Labute approximate surface area is 142 Å². The molecule has 0 aliphatic rings. The first kappa shape index (κ1) is 23.2. The zero-order valence-corrected chi connectivity index (χ0v) is 13.1. The third-order valence-corrected chi connectivity index (χ3v) is 2.99. The summed E-state index contributed by atoms with van der Waals surface area (Å²) >= 11 is 5.47. The summed E-state index contributed by atoms with van der Waals surface area (Å²) in [6, 6.07) is 2.49. The Balaban J connectivity index is 0.000000697. The molecule has 0 spiro atoms. The van der Waals surface area contributed by atoms with Gasteiger partial charge in [-0.15, -0.1) is 0 Å². The van der Waals surface area contributed by atoms with Crippen LogP contribution in [0.4, 0.5) is 30.7 Å². The van der Waals surface area contributed by atoms with Gasteiger partial charge in [-0.3, -0.25) is 0 Å². The van der Waals surface area contributed by atoms with Crippen molar-refractivity contribution in [3.63, 3.8) is 0 Å². The number of alkyl halides is 6. The molecule has 0 radical (unpaired) electrons. The van der Waals surface area contributed by atoms with Gasteiger partial charge < -0.3 is 10.8 Å². The lowest BCUT2D eigenvalue weighted by molar-refractivity contribution is -0.192. The molecule has 0 saturated carbocycles. The molecule has 25 heavy (non-hydrogen) atoms. The Morgan fingerprint density at radius 1 is 1.16 bits per heavy atom. The van der Waals surface area contributed by atoms with Crippen LogP contribution in [0.2, 0.25) is 0 Å². The van der Waals surface area contributed by atoms with Crippen molar-refractivity contribution in [2.75, 3.05) is 6.54 Å². The van der Waals surface area contributed by atoms with E-state index in [2.05, 4.69) is 0 Å².